The van der Waals surface area contributed by atoms with Gasteiger partial charge in [0.15, 0.2) is 11.6 Å². The van der Waals surface area contributed by atoms with Crippen molar-refractivity contribution in [2.75, 3.05) is 6.61 Å². The third kappa shape index (κ3) is 4.24. The molecule has 1 aromatic carbocycles. The van der Waals surface area contributed by atoms with Crippen molar-refractivity contribution in [3.8, 4) is 16.9 Å². The first-order chi connectivity index (χ1) is 10.5. The number of nitrogens with zero attached hydrogens (tertiary/aromatic N) is 1. The summed E-state index contributed by atoms with van der Waals surface area (Å²) in [7, 11) is 0. The van der Waals surface area contributed by atoms with Crippen molar-refractivity contribution in [3.63, 3.8) is 0 Å². The quantitative estimate of drug-likeness (QED) is 0.883. The van der Waals surface area contributed by atoms with E-state index < -0.39 is 11.6 Å². The molecule has 22 heavy (non-hydrogen) atoms. The van der Waals surface area contributed by atoms with Crippen molar-refractivity contribution in [2.24, 2.45) is 11.7 Å². The van der Waals surface area contributed by atoms with E-state index in [4.69, 9.17) is 10.5 Å². The number of pyridine rings is 1. The Balaban J connectivity index is 2.13. The fourth-order valence-electron chi connectivity index (χ4n) is 2.26. The van der Waals surface area contributed by atoms with E-state index in [1.54, 1.807) is 12.1 Å². The molecule has 2 aromatic rings. The molecule has 118 valence electrons. The average molecular weight is 306 g/mol. The highest BCUT2D eigenvalue weighted by atomic mass is 19.1. The lowest BCUT2D eigenvalue weighted by Gasteiger charge is -2.16. The van der Waals surface area contributed by atoms with Crippen LogP contribution >= 0.6 is 0 Å². The van der Waals surface area contributed by atoms with Gasteiger partial charge in [0, 0.05) is 30.1 Å². The third-order valence-corrected chi connectivity index (χ3v) is 3.24. The van der Waals surface area contributed by atoms with Crippen LogP contribution < -0.4 is 10.5 Å². The summed E-state index contributed by atoms with van der Waals surface area (Å²) in [4.78, 5) is 3.86. The minimum atomic E-state index is -0.607. The molecule has 0 saturated carbocycles. The monoisotopic (exact) mass is 306 g/mol. The van der Waals surface area contributed by atoms with Gasteiger partial charge in [0.2, 0.25) is 0 Å². The van der Waals surface area contributed by atoms with Crippen LogP contribution in [0.5, 0.6) is 5.75 Å². The second-order valence-electron chi connectivity index (χ2n) is 5.70. The maximum Gasteiger partial charge on any atom is 0.165 e. The first kappa shape index (κ1) is 16.4. The lowest BCUT2D eigenvalue weighted by atomic mass is 10.1. The number of halogens is 2. The number of aromatic nitrogens is 1. The smallest absolute Gasteiger partial charge is 0.165 e. The molecule has 0 fully saturated rings. The van der Waals surface area contributed by atoms with Gasteiger partial charge in [0.25, 0.3) is 0 Å². The topological polar surface area (TPSA) is 48.1 Å². The summed E-state index contributed by atoms with van der Waals surface area (Å²) in [6.07, 6.45) is 3.82. The summed E-state index contributed by atoms with van der Waals surface area (Å²) >= 11 is 0. The van der Waals surface area contributed by atoms with Crippen LogP contribution in [0.25, 0.3) is 11.1 Å². The minimum absolute atomic E-state index is 0.116. The molecule has 0 bridgehead atoms. The molecule has 0 aliphatic rings. The van der Waals surface area contributed by atoms with Crippen molar-refractivity contribution in [2.45, 2.75) is 26.3 Å². The van der Waals surface area contributed by atoms with E-state index in [0.29, 0.717) is 11.5 Å². The Morgan fingerprint density at radius 3 is 2.45 bits per heavy atom. The van der Waals surface area contributed by atoms with Crippen molar-refractivity contribution in [1.29, 1.82) is 0 Å². The molecule has 1 atom stereocenters. The Bertz CT molecular complexity index is 618. The van der Waals surface area contributed by atoms with Crippen LogP contribution in [0.4, 0.5) is 8.78 Å². The van der Waals surface area contributed by atoms with E-state index in [1.165, 1.54) is 12.4 Å². The van der Waals surface area contributed by atoms with E-state index in [2.05, 4.69) is 4.98 Å². The fraction of sp³-hybridized carbons (Fsp3) is 0.353. The Kier molecular flexibility index (Phi) is 5.44. The molecule has 2 N–H and O–H groups in total. The van der Waals surface area contributed by atoms with E-state index in [9.17, 15) is 8.78 Å². The highest BCUT2D eigenvalue weighted by Gasteiger charge is 2.14. The zero-order valence-electron chi connectivity index (χ0n) is 12.7. The Hall–Kier alpha value is -2.01. The maximum atomic E-state index is 14.2. The van der Waals surface area contributed by atoms with Gasteiger partial charge in [-0.1, -0.05) is 13.8 Å². The second kappa shape index (κ2) is 7.31. The van der Waals surface area contributed by atoms with Crippen molar-refractivity contribution < 1.29 is 13.5 Å². The lowest BCUT2D eigenvalue weighted by molar-refractivity contribution is 0.259. The van der Waals surface area contributed by atoms with Gasteiger partial charge in [-0.2, -0.15) is 0 Å². The fourth-order valence-corrected chi connectivity index (χ4v) is 2.26. The zero-order chi connectivity index (χ0) is 16.1. The largest absolute Gasteiger partial charge is 0.489 e. The Morgan fingerprint density at radius 1 is 1.14 bits per heavy atom. The van der Waals surface area contributed by atoms with Crippen LogP contribution in [-0.4, -0.2) is 17.6 Å². The summed E-state index contributed by atoms with van der Waals surface area (Å²) in [6.45, 7) is 4.25. The average Bonchev–Trinajstić information content (AvgIpc) is 2.48. The van der Waals surface area contributed by atoms with Crippen molar-refractivity contribution >= 4 is 0 Å². The van der Waals surface area contributed by atoms with Crippen molar-refractivity contribution in [1.82, 2.24) is 4.98 Å². The van der Waals surface area contributed by atoms with Gasteiger partial charge in [0.05, 0.1) is 0 Å². The molecular formula is C17H20F2N2O. The molecule has 0 aliphatic heterocycles. The van der Waals surface area contributed by atoms with Crippen LogP contribution in [0.1, 0.15) is 20.3 Å². The van der Waals surface area contributed by atoms with E-state index in [-0.39, 0.29) is 24.0 Å². The first-order valence-electron chi connectivity index (χ1n) is 7.25. The van der Waals surface area contributed by atoms with Gasteiger partial charge in [-0.05, 0) is 36.1 Å². The van der Waals surface area contributed by atoms with E-state index >= 15 is 0 Å². The molecule has 5 heteroatoms. The van der Waals surface area contributed by atoms with Gasteiger partial charge in [-0.15, -0.1) is 0 Å². The van der Waals surface area contributed by atoms with Crippen LogP contribution in [0, 0.1) is 17.6 Å². The third-order valence-electron chi connectivity index (χ3n) is 3.24. The molecule has 0 aliphatic carbocycles. The summed E-state index contributed by atoms with van der Waals surface area (Å²) in [6, 6.07) is 5.23. The summed E-state index contributed by atoms with van der Waals surface area (Å²) in [5, 5.41) is 0. The van der Waals surface area contributed by atoms with Gasteiger partial charge in [-0.3, -0.25) is 4.98 Å². The number of nitrogens with two attached hydrogens (primary N) is 1. The molecule has 1 heterocycles. The molecule has 0 amide bonds. The van der Waals surface area contributed by atoms with Crippen LogP contribution in [0.2, 0.25) is 0 Å². The molecule has 0 radical (unpaired) electrons. The molecule has 0 spiro atoms. The highest BCUT2D eigenvalue weighted by Crippen LogP contribution is 2.28. The predicted octanol–water partition coefficient (Wildman–Crippen LogP) is 3.78. The molecule has 1 aromatic heterocycles. The number of rotatable bonds is 6. The number of benzene rings is 1. The van der Waals surface area contributed by atoms with Crippen LogP contribution in [-0.2, 0) is 0 Å². The van der Waals surface area contributed by atoms with E-state index in [0.717, 1.165) is 18.6 Å². The molecule has 1 unspecified atom stereocenters. The van der Waals surface area contributed by atoms with Crippen molar-refractivity contribution in [3.05, 3.63) is 48.3 Å². The maximum absolute atomic E-state index is 14.2. The Labute approximate surface area is 129 Å². The predicted molar refractivity (Wildman–Crippen MR) is 82.5 cm³/mol. The summed E-state index contributed by atoms with van der Waals surface area (Å²) < 4.78 is 33.6. The van der Waals surface area contributed by atoms with Crippen LogP contribution in [0.3, 0.4) is 0 Å². The molecule has 0 saturated heterocycles. The molecular weight excluding hydrogens is 286 g/mol. The zero-order valence-corrected chi connectivity index (χ0v) is 12.7. The lowest BCUT2D eigenvalue weighted by Crippen LogP contribution is -2.29. The van der Waals surface area contributed by atoms with Gasteiger partial charge < -0.3 is 10.5 Å². The number of hydrogen-bond acceptors (Lipinski definition) is 3. The SMILES string of the molecule is CC(C)CC(N)COc1cc(F)c(-c2ccncc2)cc1F. The Morgan fingerprint density at radius 2 is 1.82 bits per heavy atom. The van der Waals surface area contributed by atoms with Crippen LogP contribution in [0.15, 0.2) is 36.7 Å². The second-order valence-corrected chi connectivity index (χ2v) is 5.70. The number of ether oxygens (including phenoxy) is 1. The normalized spacial score (nSPS) is 12.5. The van der Waals surface area contributed by atoms with Gasteiger partial charge >= 0.3 is 0 Å². The van der Waals surface area contributed by atoms with Gasteiger partial charge in [-0.25, -0.2) is 8.78 Å². The summed E-state index contributed by atoms with van der Waals surface area (Å²) in [5.41, 5.74) is 6.63. The van der Waals surface area contributed by atoms with Gasteiger partial charge in [0.1, 0.15) is 12.4 Å². The number of hydrogen-bond donors (Lipinski definition) is 1. The minimum Gasteiger partial charge on any atom is -0.489 e. The molecule has 3 nitrogen and oxygen atoms in total. The molecule has 2 rings (SSSR count). The highest BCUT2D eigenvalue weighted by molar-refractivity contribution is 5.64. The summed E-state index contributed by atoms with van der Waals surface area (Å²) in [5.74, 6) is -0.839. The van der Waals surface area contributed by atoms with E-state index in [1.807, 2.05) is 13.8 Å². The first-order valence-corrected chi connectivity index (χ1v) is 7.25. The standard InChI is InChI=1S/C17H20F2N2O/c1-11(2)7-13(20)10-22-17-9-15(18)14(8-16(17)19)12-3-5-21-6-4-12/h3-6,8-9,11,13H,7,10,20H2,1-2H3.